The largest absolute Gasteiger partial charge is 0.469 e. The van der Waals surface area contributed by atoms with Gasteiger partial charge in [0, 0.05) is 6.61 Å². The van der Waals surface area contributed by atoms with E-state index in [1.165, 1.54) is 14.0 Å². The van der Waals surface area contributed by atoms with Gasteiger partial charge in [-0.1, -0.05) is 13.8 Å². The Morgan fingerprint density at radius 3 is 2.44 bits per heavy atom. The Balaban J connectivity index is 4.00. The summed E-state index contributed by atoms with van der Waals surface area (Å²) in [4.78, 5) is 11.0. The van der Waals surface area contributed by atoms with Crippen molar-refractivity contribution in [3.63, 3.8) is 0 Å². The quantitative estimate of drug-likeness (QED) is 0.468. The fraction of sp³-hybridized carbons (Fsp3) is 0.900. The van der Waals surface area contributed by atoms with E-state index in [0.29, 0.717) is 6.61 Å². The van der Waals surface area contributed by atoms with Gasteiger partial charge < -0.3 is 9.47 Å². The molecule has 0 aliphatic carbocycles. The first-order valence-corrected chi connectivity index (χ1v) is 7.11. The van der Waals surface area contributed by atoms with Crippen LogP contribution in [0.25, 0.3) is 0 Å². The van der Waals surface area contributed by atoms with Crippen LogP contribution in [0.3, 0.4) is 0 Å². The van der Waals surface area contributed by atoms with Gasteiger partial charge in [0.2, 0.25) is 0 Å². The van der Waals surface area contributed by atoms with Gasteiger partial charge in [-0.3, -0.25) is 4.79 Å². The standard InChI is InChI=1S/C10H20O5S/c1-4-5-15-6-7-16(12,13)8-9(2)10(11)14-3/h9H,4-8H2,1-3H3. The molecule has 0 radical (unpaired) electrons. The average Bonchev–Trinajstić information content (AvgIpc) is 2.22. The Labute approximate surface area is 97.0 Å². The van der Waals surface area contributed by atoms with Crippen LogP contribution < -0.4 is 0 Å². The van der Waals surface area contributed by atoms with Crippen LogP contribution in [0.15, 0.2) is 0 Å². The van der Waals surface area contributed by atoms with Crippen LogP contribution in [-0.2, 0) is 24.1 Å². The van der Waals surface area contributed by atoms with Gasteiger partial charge in [-0.25, -0.2) is 8.42 Å². The maximum atomic E-state index is 11.5. The molecule has 0 amide bonds. The summed E-state index contributed by atoms with van der Waals surface area (Å²) in [5.41, 5.74) is 0. The van der Waals surface area contributed by atoms with E-state index in [4.69, 9.17) is 4.74 Å². The number of carbonyl (C=O) groups excluding carboxylic acids is 1. The van der Waals surface area contributed by atoms with E-state index in [2.05, 4.69) is 4.74 Å². The van der Waals surface area contributed by atoms with E-state index in [0.717, 1.165) is 6.42 Å². The van der Waals surface area contributed by atoms with Crippen LogP contribution in [0.4, 0.5) is 0 Å². The molecule has 0 heterocycles. The summed E-state index contributed by atoms with van der Waals surface area (Å²) in [5.74, 6) is -1.36. The van der Waals surface area contributed by atoms with E-state index < -0.39 is 21.7 Å². The van der Waals surface area contributed by atoms with Crippen molar-refractivity contribution in [1.29, 1.82) is 0 Å². The molecule has 1 unspecified atom stereocenters. The lowest BCUT2D eigenvalue weighted by Crippen LogP contribution is -2.25. The maximum Gasteiger partial charge on any atom is 0.309 e. The molecular formula is C10H20O5S. The highest BCUT2D eigenvalue weighted by atomic mass is 32.2. The minimum Gasteiger partial charge on any atom is -0.469 e. The molecule has 16 heavy (non-hydrogen) atoms. The highest BCUT2D eigenvalue weighted by Gasteiger charge is 2.21. The lowest BCUT2D eigenvalue weighted by atomic mass is 10.2. The predicted octanol–water partition coefficient (Wildman–Crippen LogP) is 0.637. The Hall–Kier alpha value is -0.620. The minimum atomic E-state index is -3.24. The first-order valence-electron chi connectivity index (χ1n) is 5.29. The Kier molecular flexibility index (Phi) is 7.33. The number of hydrogen-bond donors (Lipinski definition) is 0. The van der Waals surface area contributed by atoms with Crippen molar-refractivity contribution >= 4 is 15.8 Å². The topological polar surface area (TPSA) is 69.7 Å². The lowest BCUT2D eigenvalue weighted by molar-refractivity contribution is -0.144. The Bertz CT molecular complexity index is 296. The van der Waals surface area contributed by atoms with Crippen LogP contribution in [0.1, 0.15) is 20.3 Å². The minimum absolute atomic E-state index is 0.0473. The molecule has 0 aliphatic rings. The van der Waals surface area contributed by atoms with Crippen molar-refractivity contribution in [1.82, 2.24) is 0 Å². The first kappa shape index (κ1) is 15.4. The molecule has 0 aliphatic heterocycles. The van der Waals surface area contributed by atoms with Gasteiger partial charge in [0.25, 0.3) is 0 Å². The Morgan fingerprint density at radius 1 is 1.31 bits per heavy atom. The second-order valence-electron chi connectivity index (χ2n) is 3.65. The van der Waals surface area contributed by atoms with Crippen molar-refractivity contribution in [3.05, 3.63) is 0 Å². The molecule has 5 nitrogen and oxygen atoms in total. The van der Waals surface area contributed by atoms with Gasteiger partial charge in [0.05, 0.1) is 31.1 Å². The number of rotatable bonds is 8. The zero-order chi connectivity index (χ0) is 12.6. The molecule has 0 bridgehead atoms. The predicted molar refractivity (Wildman–Crippen MR) is 60.9 cm³/mol. The monoisotopic (exact) mass is 252 g/mol. The van der Waals surface area contributed by atoms with Crippen LogP contribution in [0, 0.1) is 5.92 Å². The summed E-state index contributed by atoms with van der Waals surface area (Å²) in [6, 6.07) is 0. The molecule has 0 fully saturated rings. The van der Waals surface area contributed by atoms with Gasteiger partial charge in [-0.15, -0.1) is 0 Å². The van der Waals surface area contributed by atoms with Crippen molar-refractivity contribution < 1.29 is 22.7 Å². The molecular weight excluding hydrogens is 232 g/mol. The second kappa shape index (κ2) is 7.62. The van der Waals surface area contributed by atoms with Gasteiger partial charge in [0.15, 0.2) is 9.84 Å². The SMILES string of the molecule is CCCOCCS(=O)(=O)CC(C)C(=O)OC. The molecule has 0 aromatic heterocycles. The van der Waals surface area contributed by atoms with Gasteiger partial charge >= 0.3 is 5.97 Å². The zero-order valence-corrected chi connectivity index (χ0v) is 10.9. The van der Waals surface area contributed by atoms with Crippen LogP contribution in [0.5, 0.6) is 0 Å². The summed E-state index contributed by atoms with van der Waals surface area (Å²) in [7, 11) is -2.00. The van der Waals surface area contributed by atoms with E-state index in [1.54, 1.807) is 0 Å². The maximum absolute atomic E-state index is 11.5. The summed E-state index contributed by atoms with van der Waals surface area (Å²) in [6.07, 6.45) is 0.860. The van der Waals surface area contributed by atoms with Crippen LogP contribution in [-0.4, -0.2) is 46.2 Å². The number of sulfone groups is 1. The summed E-state index contributed by atoms with van der Waals surface area (Å²) >= 11 is 0. The van der Waals surface area contributed by atoms with E-state index in [9.17, 15) is 13.2 Å². The average molecular weight is 252 g/mol. The molecule has 0 saturated carbocycles. The van der Waals surface area contributed by atoms with Crippen LogP contribution >= 0.6 is 0 Å². The number of hydrogen-bond acceptors (Lipinski definition) is 5. The lowest BCUT2D eigenvalue weighted by Gasteiger charge is -2.09. The van der Waals surface area contributed by atoms with Crippen molar-refractivity contribution in [2.45, 2.75) is 20.3 Å². The molecule has 96 valence electrons. The molecule has 0 saturated heterocycles. The summed E-state index contributed by atoms with van der Waals surface area (Å²) < 4.78 is 32.6. The van der Waals surface area contributed by atoms with Crippen LogP contribution in [0.2, 0.25) is 0 Å². The molecule has 0 N–H and O–H groups in total. The molecule has 0 aromatic rings. The highest BCUT2D eigenvalue weighted by molar-refractivity contribution is 7.91. The fourth-order valence-electron chi connectivity index (χ4n) is 1.17. The molecule has 6 heteroatoms. The van der Waals surface area contributed by atoms with Crippen molar-refractivity contribution in [3.8, 4) is 0 Å². The second-order valence-corrected chi connectivity index (χ2v) is 5.88. The van der Waals surface area contributed by atoms with Crippen molar-refractivity contribution in [2.24, 2.45) is 5.92 Å². The molecule has 0 aromatic carbocycles. The number of ether oxygens (including phenoxy) is 2. The normalized spacial score (nSPS) is 13.4. The highest BCUT2D eigenvalue weighted by Crippen LogP contribution is 2.04. The van der Waals surface area contributed by atoms with E-state index >= 15 is 0 Å². The molecule has 0 spiro atoms. The third kappa shape index (κ3) is 6.79. The summed E-state index contributed by atoms with van der Waals surface area (Å²) in [5, 5.41) is 0. The Morgan fingerprint density at radius 2 is 1.94 bits per heavy atom. The number of methoxy groups -OCH3 is 1. The fourth-order valence-corrected chi connectivity index (χ4v) is 2.60. The van der Waals surface area contributed by atoms with E-state index in [1.807, 2.05) is 6.92 Å². The third-order valence-corrected chi connectivity index (χ3v) is 3.79. The first-order chi connectivity index (χ1) is 7.43. The number of esters is 1. The molecule has 0 rings (SSSR count). The smallest absolute Gasteiger partial charge is 0.309 e. The summed E-state index contributed by atoms with van der Waals surface area (Å²) in [6.45, 7) is 4.23. The van der Waals surface area contributed by atoms with Crippen molar-refractivity contribution in [2.75, 3.05) is 31.8 Å². The third-order valence-electron chi connectivity index (χ3n) is 1.99. The molecule has 1 atom stereocenters. The van der Waals surface area contributed by atoms with Gasteiger partial charge in [0.1, 0.15) is 0 Å². The van der Waals surface area contributed by atoms with Gasteiger partial charge in [-0.2, -0.15) is 0 Å². The zero-order valence-electron chi connectivity index (χ0n) is 10.1. The number of carbonyl (C=O) groups is 1. The van der Waals surface area contributed by atoms with Gasteiger partial charge in [-0.05, 0) is 6.42 Å². The van der Waals surface area contributed by atoms with E-state index in [-0.39, 0.29) is 18.1 Å².